The number of rotatable bonds is 11. The SMILES string of the molecule is COCCn1c(CN(CC2CC2)C(=O)c2ccc(Cl)cc2Cl)cnc1S(=O)(=O)Cc1ccccc1. The van der Waals surface area contributed by atoms with E-state index in [2.05, 4.69) is 4.98 Å². The monoisotopic (exact) mass is 535 g/mol. The summed E-state index contributed by atoms with van der Waals surface area (Å²) in [6.45, 7) is 1.35. The number of amides is 1. The van der Waals surface area contributed by atoms with Gasteiger partial charge in [0, 0.05) is 25.2 Å². The van der Waals surface area contributed by atoms with Gasteiger partial charge in [0.1, 0.15) is 0 Å². The third kappa shape index (κ3) is 6.44. The summed E-state index contributed by atoms with van der Waals surface area (Å²) in [5, 5.41) is 0.699. The van der Waals surface area contributed by atoms with E-state index in [9.17, 15) is 13.2 Å². The van der Waals surface area contributed by atoms with E-state index in [0.717, 1.165) is 12.8 Å². The molecule has 0 aliphatic heterocycles. The van der Waals surface area contributed by atoms with Crippen LogP contribution in [0.15, 0.2) is 59.9 Å². The normalized spacial score (nSPS) is 13.7. The first-order valence-electron chi connectivity index (χ1n) is 11.3. The number of benzene rings is 2. The second kappa shape index (κ2) is 11.1. The van der Waals surface area contributed by atoms with Crippen LogP contribution >= 0.6 is 23.2 Å². The van der Waals surface area contributed by atoms with Gasteiger partial charge in [0.2, 0.25) is 15.0 Å². The van der Waals surface area contributed by atoms with Crippen molar-refractivity contribution in [3.63, 3.8) is 0 Å². The van der Waals surface area contributed by atoms with Gasteiger partial charge in [-0.1, -0.05) is 53.5 Å². The molecule has 0 bridgehead atoms. The average molecular weight is 536 g/mol. The van der Waals surface area contributed by atoms with E-state index < -0.39 is 9.84 Å². The molecule has 1 aliphatic carbocycles. The summed E-state index contributed by atoms with van der Waals surface area (Å²) in [7, 11) is -2.17. The first-order valence-corrected chi connectivity index (χ1v) is 13.7. The fourth-order valence-electron chi connectivity index (χ4n) is 3.91. The van der Waals surface area contributed by atoms with Crippen LogP contribution in [0, 0.1) is 5.92 Å². The number of ether oxygens (including phenoxy) is 1. The van der Waals surface area contributed by atoms with Crippen molar-refractivity contribution < 1.29 is 17.9 Å². The number of methoxy groups -OCH3 is 1. The van der Waals surface area contributed by atoms with Gasteiger partial charge in [-0.25, -0.2) is 13.4 Å². The van der Waals surface area contributed by atoms with Crippen LogP contribution in [0.5, 0.6) is 0 Å². The minimum atomic E-state index is -3.73. The number of carbonyl (C=O) groups excluding carboxylic acids is 1. The molecule has 1 aliphatic rings. The molecule has 10 heteroatoms. The van der Waals surface area contributed by atoms with Crippen molar-refractivity contribution in [1.29, 1.82) is 0 Å². The lowest BCUT2D eigenvalue weighted by molar-refractivity contribution is 0.0729. The summed E-state index contributed by atoms with van der Waals surface area (Å²) in [5.74, 6) is 0.0240. The van der Waals surface area contributed by atoms with Crippen LogP contribution < -0.4 is 0 Å². The van der Waals surface area contributed by atoms with E-state index in [-0.39, 0.29) is 28.4 Å². The number of halogens is 2. The average Bonchev–Trinajstić information content (AvgIpc) is 3.54. The number of nitrogens with zero attached hydrogens (tertiary/aromatic N) is 3. The Bertz CT molecular complexity index is 1290. The van der Waals surface area contributed by atoms with Gasteiger partial charge in [0.15, 0.2) is 0 Å². The largest absolute Gasteiger partial charge is 0.383 e. The number of aromatic nitrogens is 2. The molecule has 2 aromatic carbocycles. The zero-order chi connectivity index (χ0) is 25.0. The topological polar surface area (TPSA) is 81.5 Å². The molecule has 0 spiro atoms. The van der Waals surface area contributed by atoms with E-state index in [1.807, 2.05) is 6.07 Å². The van der Waals surface area contributed by atoms with Crippen LogP contribution in [-0.2, 0) is 33.4 Å². The quantitative estimate of drug-likeness (QED) is 0.350. The number of hydrogen-bond acceptors (Lipinski definition) is 5. The molecule has 1 heterocycles. The van der Waals surface area contributed by atoms with Crippen LogP contribution in [0.4, 0.5) is 0 Å². The molecular weight excluding hydrogens is 509 g/mol. The van der Waals surface area contributed by atoms with E-state index in [4.69, 9.17) is 27.9 Å². The molecule has 35 heavy (non-hydrogen) atoms. The second-order valence-corrected chi connectivity index (χ2v) is 11.4. The molecule has 0 N–H and O–H groups in total. The van der Waals surface area contributed by atoms with Crippen LogP contribution in [0.3, 0.4) is 0 Å². The number of sulfone groups is 1. The fraction of sp³-hybridized carbons (Fsp3) is 0.360. The molecule has 1 saturated carbocycles. The molecule has 0 saturated heterocycles. The van der Waals surface area contributed by atoms with E-state index >= 15 is 0 Å². The van der Waals surface area contributed by atoms with Gasteiger partial charge in [0.05, 0.1) is 41.4 Å². The minimum absolute atomic E-state index is 0.0308. The molecule has 7 nitrogen and oxygen atoms in total. The van der Waals surface area contributed by atoms with Crippen LogP contribution in [-0.4, -0.2) is 49.0 Å². The molecule has 4 rings (SSSR count). The van der Waals surface area contributed by atoms with Gasteiger partial charge in [0.25, 0.3) is 5.91 Å². The van der Waals surface area contributed by atoms with Gasteiger partial charge >= 0.3 is 0 Å². The van der Waals surface area contributed by atoms with Crippen molar-refractivity contribution in [3.05, 3.63) is 81.6 Å². The zero-order valence-electron chi connectivity index (χ0n) is 19.4. The maximum Gasteiger partial charge on any atom is 0.255 e. The number of carbonyl (C=O) groups is 1. The molecule has 0 radical (unpaired) electrons. The molecule has 186 valence electrons. The van der Waals surface area contributed by atoms with Crippen LogP contribution in [0.25, 0.3) is 0 Å². The summed E-state index contributed by atoms with van der Waals surface area (Å²) < 4.78 is 33.4. The third-order valence-electron chi connectivity index (χ3n) is 5.88. The Morgan fingerprint density at radius 3 is 2.57 bits per heavy atom. The van der Waals surface area contributed by atoms with Gasteiger partial charge in [-0.3, -0.25) is 4.79 Å². The standard InChI is InChI=1S/C25H27Cl2N3O4S/c1-34-12-11-30-21(14-28-25(30)35(32,33)17-19-5-3-2-4-6-19)16-29(15-18-7-8-18)24(31)22-10-9-20(26)13-23(22)27/h2-6,9-10,13-14,18H,7-8,11-12,15-17H2,1H3. The third-order valence-corrected chi connectivity index (χ3v) is 8.02. The Morgan fingerprint density at radius 2 is 1.91 bits per heavy atom. The van der Waals surface area contributed by atoms with Crippen molar-refractivity contribution in [2.45, 2.75) is 36.8 Å². The summed E-state index contributed by atoms with van der Waals surface area (Å²) >= 11 is 12.3. The number of imidazole rings is 1. The molecule has 1 amide bonds. The molecule has 1 fully saturated rings. The predicted octanol–water partition coefficient (Wildman–Crippen LogP) is 4.86. The van der Waals surface area contributed by atoms with Crippen molar-refractivity contribution in [3.8, 4) is 0 Å². The van der Waals surface area contributed by atoms with Crippen LogP contribution in [0.1, 0.15) is 34.5 Å². The molecule has 0 unspecified atom stereocenters. The van der Waals surface area contributed by atoms with E-state index in [1.165, 1.54) is 6.20 Å². The first-order chi connectivity index (χ1) is 16.8. The second-order valence-electron chi connectivity index (χ2n) is 8.67. The van der Waals surface area contributed by atoms with Gasteiger partial charge in [-0.15, -0.1) is 0 Å². The molecule has 1 aromatic heterocycles. The highest BCUT2D eigenvalue weighted by molar-refractivity contribution is 7.90. The smallest absolute Gasteiger partial charge is 0.255 e. The predicted molar refractivity (Wildman–Crippen MR) is 135 cm³/mol. The van der Waals surface area contributed by atoms with Crippen molar-refractivity contribution in [2.75, 3.05) is 20.3 Å². The lowest BCUT2D eigenvalue weighted by Gasteiger charge is -2.24. The highest BCUT2D eigenvalue weighted by Crippen LogP contribution is 2.32. The van der Waals surface area contributed by atoms with Crippen molar-refractivity contribution in [1.82, 2.24) is 14.5 Å². The maximum absolute atomic E-state index is 13.4. The Labute approximate surface area is 215 Å². The maximum atomic E-state index is 13.4. The summed E-state index contributed by atoms with van der Waals surface area (Å²) in [6, 6.07) is 13.8. The highest BCUT2D eigenvalue weighted by Gasteiger charge is 2.30. The fourth-order valence-corrected chi connectivity index (χ4v) is 5.91. The lowest BCUT2D eigenvalue weighted by atomic mass is 10.2. The van der Waals surface area contributed by atoms with Crippen molar-refractivity contribution in [2.24, 2.45) is 5.92 Å². The lowest BCUT2D eigenvalue weighted by Crippen LogP contribution is -2.33. The molecule has 0 atom stereocenters. The Morgan fingerprint density at radius 1 is 1.17 bits per heavy atom. The molecule has 3 aromatic rings. The first kappa shape index (κ1) is 25.7. The summed E-state index contributed by atoms with van der Waals surface area (Å²) in [5.41, 5.74) is 1.66. The zero-order valence-corrected chi connectivity index (χ0v) is 21.7. The Hall–Kier alpha value is -2.39. The van der Waals surface area contributed by atoms with Gasteiger partial charge < -0.3 is 14.2 Å². The highest BCUT2D eigenvalue weighted by atomic mass is 35.5. The Balaban J connectivity index is 1.65. The van der Waals surface area contributed by atoms with Gasteiger partial charge in [-0.2, -0.15) is 0 Å². The number of hydrogen-bond donors (Lipinski definition) is 0. The minimum Gasteiger partial charge on any atom is -0.383 e. The van der Waals surface area contributed by atoms with E-state index in [1.54, 1.807) is 59.0 Å². The van der Waals surface area contributed by atoms with Crippen molar-refractivity contribution >= 4 is 38.9 Å². The van der Waals surface area contributed by atoms with E-state index in [0.29, 0.717) is 47.5 Å². The molecular formula is C25H27Cl2N3O4S. The Kier molecular flexibility index (Phi) is 8.16. The summed E-state index contributed by atoms with van der Waals surface area (Å²) in [6.07, 6.45) is 3.64. The summed E-state index contributed by atoms with van der Waals surface area (Å²) in [4.78, 5) is 19.4. The van der Waals surface area contributed by atoms with Crippen LogP contribution in [0.2, 0.25) is 10.0 Å². The van der Waals surface area contributed by atoms with Gasteiger partial charge in [-0.05, 0) is 42.5 Å².